The molecule has 5 heteroatoms. The highest BCUT2D eigenvalue weighted by Crippen LogP contribution is 2.20. The Morgan fingerprint density at radius 3 is 2.54 bits per heavy atom. The fourth-order valence-corrected chi connectivity index (χ4v) is 1.22. The van der Waals surface area contributed by atoms with Gasteiger partial charge in [0.15, 0.2) is 0 Å². The van der Waals surface area contributed by atoms with E-state index in [1.807, 2.05) is 0 Å². The minimum Gasteiger partial charge on any atom is -0.394 e. The van der Waals surface area contributed by atoms with E-state index in [-0.39, 0.29) is 0 Å². The lowest BCUT2D eigenvalue weighted by Crippen LogP contribution is -2.58. The van der Waals surface area contributed by atoms with Crippen molar-refractivity contribution in [2.45, 2.75) is 30.5 Å². The number of terminal acetylenes is 1. The molecule has 0 aliphatic carbocycles. The highest BCUT2D eigenvalue weighted by atomic mass is 16.5. The van der Waals surface area contributed by atoms with Gasteiger partial charge in [-0.1, -0.05) is 5.92 Å². The Hall–Kier alpha value is -0.640. The maximum atomic E-state index is 9.35. The van der Waals surface area contributed by atoms with Gasteiger partial charge in [-0.15, -0.1) is 6.40 Å². The molecule has 0 aromatic carbocycles. The van der Waals surface area contributed by atoms with Crippen LogP contribution in [0, 0.1) is 12.3 Å². The van der Waals surface area contributed by atoms with Crippen molar-refractivity contribution >= 4 is 0 Å². The molecule has 0 spiro atoms. The molecule has 4 N–H and O–H groups in total. The third-order valence-corrected chi connectivity index (χ3v) is 2.03. The smallest absolute Gasteiger partial charge is 0.146 e. The summed E-state index contributed by atoms with van der Waals surface area (Å²) in [6.07, 6.45) is -4.39. The van der Waals surface area contributed by atoms with Gasteiger partial charge >= 0.3 is 0 Å². The predicted octanol–water partition coefficient (Wildman–Crippen LogP) is -2.54. The zero-order valence-electron chi connectivity index (χ0n) is 7.79. The summed E-state index contributed by atoms with van der Waals surface area (Å²) in [7, 11) is 0. The van der Waals surface area contributed by atoms with Gasteiger partial charge < -0.3 is 25.2 Å². The minimum absolute atomic E-state index is 0.485. The Kier molecular flexibility index (Phi) is 2.78. The number of rotatable bonds is 1. The van der Waals surface area contributed by atoms with Crippen LogP contribution in [0.25, 0.3) is 0 Å². The Balaban J connectivity index is 2.76. The molecule has 1 fully saturated rings. The molecule has 74 valence electrons. The first kappa shape index (κ1) is 8.94. The van der Waals surface area contributed by atoms with Gasteiger partial charge in [-0.2, -0.15) is 0 Å². The van der Waals surface area contributed by atoms with Crippen molar-refractivity contribution in [3.8, 4) is 12.3 Å². The lowest BCUT2D eigenvalue weighted by atomic mass is 9.96. The van der Waals surface area contributed by atoms with Crippen LogP contribution in [0.15, 0.2) is 0 Å². The summed E-state index contributed by atoms with van der Waals surface area (Å²) < 4.78 is 11.6. The molecule has 0 aromatic heterocycles. The first-order chi connectivity index (χ1) is 6.61. The predicted molar refractivity (Wildman–Crippen MR) is 42.6 cm³/mol. The van der Waals surface area contributed by atoms with Gasteiger partial charge in [-0.25, -0.2) is 0 Å². The van der Waals surface area contributed by atoms with Crippen LogP contribution in [0.3, 0.4) is 0 Å². The van der Waals surface area contributed by atoms with Crippen molar-refractivity contribution < 1.29 is 26.5 Å². The fraction of sp³-hybridized carbons (Fsp3) is 0.750. The fourth-order valence-electron chi connectivity index (χ4n) is 1.22. The van der Waals surface area contributed by atoms with Gasteiger partial charge in [0.25, 0.3) is 0 Å². The highest BCUT2D eigenvalue weighted by Gasteiger charge is 2.42. The van der Waals surface area contributed by atoms with E-state index in [4.69, 9.17) is 11.2 Å². The number of aliphatic hydroxyl groups excluding tert-OH is 4. The summed E-state index contributed by atoms with van der Waals surface area (Å²) in [4.78, 5) is 0. The number of hydrogen-bond acceptors (Lipinski definition) is 5. The maximum Gasteiger partial charge on any atom is 0.146 e. The maximum absolute atomic E-state index is 9.35. The third-order valence-electron chi connectivity index (χ3n) is 2.03. The van der Waals surface area contributed by atoms with E-state index in [1.165, 1.54) is 0 Å². The monoisotopic (exact) mass is 189 g/mol. The van der Waals surface area contributed by atoms with Crippen LogP contribution in [0.5, 0.6) is 0 Å². The molecule has 0 bridgehead atoms. The first-order valence-electron chi connectivity index (χ1n) is 4.34. The van der Waals surface area contributed by atoms with Gasteiger partial charge in [0.1, 0.15) is 31.9 Å². The Labute approximate surface area is 77.0 Å². The van der Waals surface area contributed by atoms with E-state index in [2.05, 4.69) is 5.92 Å². The second kappa shape index (κ2) is 4.05. The zero-order valence-corrected chi connectivity index (χ0v) is 6.79. The highest BCUT2D eigenvalue weighted by molar-refractivity contribution is 5.05. The zero-order chi connectivity index (χ0) is 10.7. The molecule has 1 unspecified atom stereocenters. The van der Waals surface area contributed by atoms with Crippen LogP contribution < -0.4 is 0 Å². The normalized spacial score (nSPS) is 46.2. The molecule has 0 radical (unpaired) electrons. The van der Waals surface area contributed by atoms with Crippen LogP contribution >= 0.6 is 0 Å². The van der Waals surface area contributed by atoms with Gasteiger partial charge in [0.2, 0.25) is 0 Å². The van der Waals surface area contributed by atoms with Crippen LogP contribution in [0.2, 0.25) is 0 Å². The lowest BCUT2D eigenvalue weighted by molar-refractivity contribution is -0.214. The van der Waals surface area contributed by atoms with Gasteiger partial charge in [-0.05, 0) is 0 Å². The largest absolute Gasteiger partial charge is 0.394 e. The van der Waals surface area contributed by atoms with Crippen molar-refractivity contribution in [2.24, 2.45) is 0 Å². The topological polar surface area (TPSA) is 90.2 Å². The number of aliphatic hydroxyl groups is 4. The average Bonchev–Trinajstić information content (AvgIpc) is 2.19. The van der Waals surface area contributed by atoms with Crippen molar-refractivity contribution in [3.63, 3.8) is 0 Å². The van der Waals surface area contributed by atoms with Crippen molar-refractivity contribution in [2.75, 3.05) is 6.61 Å². The molecular formula is C8H12O5. The molecule has 1 heterocycles. The van der Waals surface area contributed by atoms with Gasteiger partial charge in [0.05, 0.1) is 6.61 Å². The molecule has 1 rings (SSSR count). The van der Waals surface area contributed by atoms with Crippen LogP contribution in [-0.4, -0.2) is 57.6 Å². The molecule has 0 amide bonds. The number of hydrogen-bond donors (Lipinski definition) is 4. The summed E-state index contributed by atoms with van der Waals surface area (Å²) >= 11 is 0. The van der Waals surface area contributed by atoms with E-state index in [0.29, 0.717) is 0 Å². The molecule has 5 atom stereocenters. The molecule has 1 aliphatic heterocycles. The van der Waals surface area contributed by atoms with Crippen LogP contribution in [0.1, 0.15) is 1.37 Å². The summed E-state index contributed by atoms with van der Waals surface area (Å²) in [5.74, 6) is 2.21. The van der Waals surface area contributed by atoms with E-state index in [0.717, 1.165) is 0 Å². The SMILES string of the molecule is [2H]C#CC1O[C@H](CO)[C@@H](O)[C@H](O)[C@H]1O. The summed E-state index contributed by atoms with van der Waals surface area (Å²) in [5.41, 5.74) is 0. The number of ether oxygens (including phenoxy) is 1. The molecule has 5 nitrogen and oxygen atoms in total. The van der Waals surface area contributed by atoms with E-state index in [9.17, 15) is 15.3 Å². The first-order valence-corrected chi connectivity index (χ1v) is 3.84. The summed E-state index contributed by atoms with van der Waals surface area (Å²) in [6.45, 7) is -0.485. The summed E-state index contributed by atoms with van der Waals surface area (Å²) in [5, 5.41) is 36.8. The second-order valence-corrected chi connectivity index (χ2v) is 2.89. The van der Waals surface area contributed by atoms with E-state index < -0.39 is 37.1 Å². The molecule has 1 saturated heterocycles. The van der Waals surface area contributed by atoms with Crippen LogP contribution in [0.4, 0.5) is 0 Å². The Morgan fingerprint density at radius 2 is 2.00 bits per heavy atom. The van der Waals surface area contributed by atoms with E-state index >= 15 is 0 Å². The summed E-state index contributed by atoms with van der Waals surface area (Å²) in [6, 6.07) is 0. The van der Waals surface area contributed by atoms with Crippen LogP contribution in [-0.2, 0) is 4.74 Å². The average molecular weight is 189 g/mol. The lowest BCUT2D eigenvalue weighted by Gasteiger charge is -2.37. The molecule has 0 saturated carbocycles. The third kappa shape index (κ3) is 1.82. The Bertz CT molecular complexity index is 246. The van der Waals surface area contributed by atoms with E-state index in [1.54, 1.807) is 6.40 Å². The standard InChI is InChI=1S/C8H12O5/c1-2-4-6(10)8(12)7(11)5(3-9)13-4/h1,4-12H,3H2/t4?,5-,6+,7-,8-/m1/s1/i1D. The van der Waals surface area contributed by atoms with Gasteiger partial charge in [0, 0.05) is 0 Å². The quantitative estimate of drug-likeness (QED) is 0.341. The molecule has 13 heavy (non-hydrogen) atoms. The Morgan fingerprint density at radius 1 is 1.31 bits per heavy atom. The molecular weight excluding hydrogens is 176 g/mol. The van der Waals surface area contributed by atoms with Gasteiger partial charge in [-0.3, -0.25) is 0 Å². The molecule has 1 aliphatic rings. The minimum atomic E-state index is -1.42. The van der Waals surface area contributed by atoms with Crippen molar-refractivity contribution in [3.05, 3.63) is 0 Å². The van der Waals surface area contributed by atoms with Crippen molar-refractivity contribution in [1.29, 1.82) is 0 Å². The van der Waals surface area contributed by atoms with Crippen molar-refractivity contribution in [1.82, 2.24) is 0 Å². The molecule has 0 aromatic rings. The second-order valence-electron chi connectivity index (χ2n) is 2.89.